The van der Waals surface area contributed by atoms with Crippen molar-refractivity contribution in [1.29, 1.82) is 0 Å². The third kappa shape index (κ3) is 2.51. The van der Waals surface area contributed by atoms with Crippen molar-refractivity contribution < 1.29 is 4.39 Å². The third-order valence-electron chi connectivity index (χ3n) is 3.82. The summed E-state index contributed by atoms with van der Waals surface area (Å²) in [6.07, 6.45) is 7.04. The Kier molecular flexibility index (Phi) is 3.30. The van der Waals surface area contributed by atoms with Crippen molar-refractivity contribution in [3.63, 3.8) is 0 Å². The van der Waals surface area contributed by atoms with Crippen LogP contribution in [0, 0.1) is 5.82 Å². The van der Waals surface area contributed by atoms with Crippen LogP contribution in [0.5, 0.6) is 0 Å². The zero-order chi connectivity index (χ0) is 13.2. The van der Waals surface area contributed by atoms with Crippen LogP contribution in [0.4, 0.5) is 4.39 Å². The van der Waals surface area contributed by atoms with E-state index in [1.807, 2.05) is 0 Å². The Morgan fingerprint density at radius 1 is 1.21 bits per heavy atom. The van der Waals surface area contributed by atoms with Crippen molar-refractivity contribution in [3.05, 3.63) is 64.7 Å². The highest BCUT2D eigenvalue weighted by molar-refractivity contribution is 5.36. The molecule has 1 aliphatic rings. The van der Waals surface area contributed by atoms with Gasteiger partial charge in [-0.25, -0.2) is 4.39 Å². The molecule has 1 heterocycles. The van der Waals surface area contributed by atoms with Gasteiger partial charge in [-0.05, 0) is 48.4 Å². The van der Waals surface area contributed by atoms with Crippen LogP contribution in [-0.4, -0.2) is 4.98 Å². The van der Waals surface area contributed by atoms with Gasteiger partial charge in [-0.15, -0.1) is 0 Å². The van der Waals surface area contributed by atoms with Gasteiger partial charge in [0.15, 0.2) is 0 Å². The average molecular weight is 256 g/mol. The summed E-state index contributed by atoms with van der Waals surface area (Å²) in [6, 6.07) is 7.87. The Morgan fingerprint density at radius 2 is 2.05 bits per heavy atom. The van der Waals surface area contributed by atoms with E-state index in [2.05, 4.69) is 23.2 Å². The molecule has 2 N–H and O–H groups in total. The van der Waals surface area contributed by atoms with Crippen LogP contribution in [0.2, 0.25) is 0 Å². The molecule has 2 aromatic rings. The molecule has 0 aliphatic heterocycles. The predicted molar refractivity (Wildman–Crippen MR) is 73.3 cm³/mol. The smallest absolute Gasteiger partial charge is 0.146 e. The van der Waals surface area contributed by atoms with Gasteiger partial charge in [-0.1, -0.05) is 18.2 Å². The molecule has 3 heteroatoms. The molecule has 2 nitrogen and oxygen atoms in total. The van der Waals surface area contributed by atoms with Crippen molar-refractivity contribution in [2.24, 2.45) is 5.73 Å². The van der Waals surface area contributed by atoms with Crippen LogP contribution in [0.1, 0.15) is 34.7 Å². The molecule has 0 amide bonds. The molecule has 0 radical (unpaired) electrons. The lowest BCUT2D eigenvalue weighted by Gasteiger charge is -2.13. The Balaban J connectivity index is 1.80. The Bertz CT molecular complexity index is 595. The number of aryl methyl sites for hydroxylation is 2. The van der Waals surface area contributed by atoms with E-state index in [-0.39, 0.29) is 11.9 Å². The number of pyridine rings is 1. The monoisotopic (exact) mass is 256 g/mol. The van der Waals surface area contributed by atoms with E-state index in [0.717, 1.165) is 6.42 Å². The van der Waals surface area contributed by atoms with Gasteiger partial charge < -0.3 is 5.73 Å². The first-order chi connectivity index (χ1) is 9.24. The number of benzene rings is 1. The van der Waals surface area contributed by atoms with Crippen molar-refractivity contribution in [2.45, 2.75) is 31.7 Å². The van der Waals surface area contributed by atoms with Gasteiger partial charge in [0.1, 0.15) is 5.82 Å². The van der Waals surface area contributed by atoms with Gasteiger partial charge in [-0.2, -0.15) is 0 Å². The summed E-state index contributed by atoms with van der Waals surface area (Å²) in [6.45, 7) is 0. The topological polar surface area (TPSA) is 38.9 Å². The van der Waals surface area contributed by atoms with Crippen LogP contribution in [0.3, 0.4) is 0 Å². The van der Waals surface area contributed by atoms with E-state index in [4.69, 9.17) is 5.73 Å². The molecule has 1 aromatic heterocycles. The highest BCUT2D eigenvalue weighted by atomic mass is 19.1. The van der Waals surface area contributed by atoms with Crippen LogP contribution in [0.15, 0.2) is 36.7 Å². The summed E-state index contributed by atoms with van der Waals surface area (Å²) in [4.78, 5) is 3.75. The van der Waals surface area contributed by atoms with E-state index in [1.165, 1.54) is 35.7 Å². The first-order valence-electron chi connectivity index (χ1n) is 6.70. The highest BCUT2D eigenvalue weighted by Gasteiger charge is 2.15. The molecule has 0 saturated heterocycles. The molecule has 1 aliphatic carbocycles. The SMILES string of the molecule is NC(Cc1ccc2c(c1)CCC2)c1ccncc1F. The molecular weight excluding hydrogens is 239 g/mol. The second-order valence-corrected chi connectivity index (χ2v) is 5.16. The van der Waals surface area contributed by atoms with Crippen LogP contribution in [-0.2, 0) is 19.3 Å². The number of aromatic nitrogens is 1. The lowest BCUT2D eigenvalue weighted by molar-refractivity contribution is 0.574. The Hall–Kier alpha value is -1.74. The Morgan fingerprint density at radius 3 is 2.89 bits per heavy atom. The second kappa shape index (κ2) is 5.10. The summed E-state index contributed by atoms with van der Waals surface area (Å²) in [5.41, 5.74) is 10.7. The number of hydrogen-bond acceptors (Lipinski definition) is 2. The van der Waals surface area contributed by atoms with Gasteiger partial charge >= 0.3 is 0 Å². The number of halogens is 1. The molecule has 19 heavy (non-hydrogen) atoms. The van der Waals surface area contributed by atoms with Crippen molar-refractivity contribution in [1.82, 2.24) is 4.98 Å². The van der Waals surface area contributed by atoms with E-state index in [1.54, 1.807) is 12.3 Å². The largest absolute Gasteiger partial charge is 0.324 e. The first-order valence-corrected chi connectivity index (χ1v) is 6.70. The quantitative estimate of drug-likeness (QED) is 0.917. The molecule has 1 aromatic carbocycles. The molecule has 0 spiro atoms. The van der Waals surface area contributed by atoms with E-state index >= 15 is 0 Å². The highest BCUT2D eigenvalue weighted by Crippen LogP contribution is 2.25. The van der Waals surface area contributed by atoms with E-state index in [9.17, 15) is 4.39 Å². The number of fused-ring (bicyclic) bond motifs is 1. The fourth-order valence-electron chi connectivity index (χ4n) is 2.80. The van der Waals surface area contributed by atoms with Crippen LogP contribution < -0.4 is 5.73 Å². The minimum atomic E-state index is -0.323. The number of nitrogens with zero attached hydrogens (tertiary/aromatic N) is 1. The van der Waals surface area contributed by atoms with Crippen molar-refractivity contribution >= 4 is 0 Å². The van der Waals surface area contributed by atoms with Crippen molar-refractivity contribution in [2.75, 3.05) is 0 Å². The summed E-state index contributed by atoms with van der Waals surface area (Å²) >= 11 is 0. The third-order valence-corrected chi connectivity index (χ3v) is 3.82. The maximum Gasteiger partial charge on any atom is 0.146 e. The lowest BCUT2D eigenvalue weighted by atomic mass is 9.97. The van der Waals surface area contributed by atoms with E-state index < -0.39 is 0 Å². The zero-order valence-corrected chi connectivity index (χ0v) is 10.8. The summed E-state index contributed by atoms with van der Waals surface area (Å²) in [7, 11) is 0. The standard InChI is InChI=1S/C16H17FN2/c17-15-10-19-7-6-14(15)16(18)9-11-4-5-12-2-1-3-13(12)8-11/h4-8,10,16H,1-3,9,18H2. The second-order valence-electron chi connectivity index (χ2n) is 5.16. The van der Waals surface area contributed by atoms with Gasteiger partial charge in [0.25, 0.3) is 0 Å². The first kappa shape index (κ1) is 12.3. The van der Waals surface area contributed by atoms with Gasteiger partial charge in [0.05, 0.1) is 6.20 Å². The van der Waals surface area contributed by atoms with Gasteiger partial charge in [-0.3, -0.25) is 4.98 Å². The van der Waals surface area contributed by atoms with Crippen LogP contribution in [0.25, 0.3) is 0 Å². The molecule has 3 rings (SSSR count). The maximum absolute atomic E-state index is 13.6. The fraction of sp³-hybridized carbons (Fsp3) is 0.312. The molecule has 1 unspecified atom stereocenters. The fourth-order valence-corrected chi connectivity index (χ4v) is 2.80. The zero-order valence-electron chi connectivity index (χ0n) is 10.8. The molecular formula is C16H17FN2. The van der Waals surface area contributed by atoms with Crippen molar-refractivity contribution in [3.8, 4) is 0 Å². The lowest BCUT2D eigenvalue weighted by Crippen LogP contribution is -2.15. The van der Waals surface area contributed by atoms with E-state index in [0.29, 0.717) is 12.0 Å². The minimum absolute atomic E-state index is 0.317. The number of nitrogens with two attached hydrogens (primary N) is 1. The molecule has 0 fully saturated rings. The van der Waals surface area contributed by atoms with Crippen LogP contribution >= 0.6 is 0 Å². The minimum Gasteiger partial charge on any atom is -0.324 e. The molecule has 0 saturated carbocycles. The molecule has 98 valence electrons. The number of hydrogen-bond donors (Lipinski definition) is 1. The summed E-state index contributed by atoms with van der Waals surface area (Å²) in [5.74, 6) is -0.323. The predicted octanol–water partition coefficient (Wildman–Crippen LogP) is 2.95. The molecule has 1 atom stereocenters. The van der Waals surface area contributed by atoms with Gasteiger partial charge in [0.2, 0.25) is 0 Å². The van der Waals surface area contributed by atoms with Gasteiger partial charge in [0, 0.05) is 17.8 Å². The normalized spacial score (nSPS) is 15.3. The maximum atomic E-state index is 13.6. The summed E-state index contributed by atoms with van der Waals surface area (Å²) in [5, 5.41) is 0. The summed E-state index contributed by atoms with van der Waals surface area (Å²) < 4.78 is 13.6. The number of rotatable bonds is 3. The molecule has 0 bridgehead atoms. The average Bonchev–Trinajstić information content (AvgIpc) is 2.86. The Labute approximate surface area is 112 Å².